The number of carbonyl (C=O) groups excluding carboxylic acids is 1. The molecule has 3 rings (SSSR count). The quantitative estimate of drug-likeness (QED) is 0.829. The third-order valence-corrected chi connectivity index (χ3v) is 3.84. The van der Waals surface area contributed by atoms with Crippen LogP contribution in [0.1, 0.15) is 50.4 Å². The summed E-state index contributed by atoms with van der Waals surface area (Å²) in [4.78, 5) is 18.6. The molecule has 20 heavy (non-hydrogen) atoms. The van der Waals surface area contributed by atoms with Gasteiger partial charge in [-0.3, -0.25) is 4.79 Å². The lowest BCUT2D eigenvalue weighted by Gasteiger charge is -2.29. The predicted octanol–water partition coefficient (Wildman–Crippen LogP) is 2.21. The van der Waals surface area contributed by atoms with Crippen molar-refractivity contribution in [3.8, 4) is 0 Å². The van der Waals surface area contributed by atoms with E-state index in [1.165, 1.54) is 6.39 Å². The lowest BCUT2D eigenvalue weighted by Crippen LogP contribution is -2.37. The van der Waals surface area contributed by atoms with Crippen molar-refractivity contribution in [1.29, 1.82) is 0 Å². The van der Waals surface area contributed by atoms with E-state index in [0.717, 1.165) is 45.1 Å². The fourth-order valence-corrected chi connectivity index (χ4v) is 2.79. The number of ether oxygens (including phenoxy) is 1. The highest BCUT2D eigenvalue weighted by Gasteiger charge is 2.32. The Hall–Kier alpha value is -1.85. The molecule has 2 aliphatic heterocycles. The fourth-order valence-electron chi connectivity index (χ4n) is 2.79. The number of amides is 1. The van der Waals surface area contributed by atoms with Gasteiger partial charge in [-0.05, 0) is 31.8 Å². The molecule has 1 fully saturated rings. The maximum atomic E-state index is 12.7. The number of nitrogens with zero attached hydrogens (tertiary/aromatic N) is 3. The third kappa shape index (κ3) is 2.69. The first kappa shape index (κ1) is 13.1. The Labute approximate surface area is 117 Å². The van der Waals surface area contributed by atoms with E-state index in [1.54, 1.807) is 0 Å². The zero-order chi connectivity index (χ0) is 13.8. The minimum atomic E-state index is -0.102. The Morgan fingerprint density at radius 1 is 1.30 bits per heavy atom. The van der Waals surface area contributed by atoms with Gasteiger partial charge in [0.25, 0.3) is 5.91 Å². The monoisotopic (exact) mass is 277 g/mol. The molecule has 0 spiro atoms. The third-order valence-electron chi connectivity index (χ3n) is 3.84. The van der Waals surface area contributed by atoms with Crippen LogP contribution in [0, 0.1) is 0 Å². The molecule has 0 N–H and O–H groups in total. The lowest BCUT2D eigenvalue weighted by molar-refractivity contribution is -0.133. The van der Waals surface area contributed by atoms with E-state index in [1.807, 2.05) is 11.0 Å². The summed E-state index contributed by atoms with van der Waals surface area (Å²) < 4.78 is 10.3. The molecule has 1 atom stereocenters. The van der Waals surface area contributed by atoms with Crippen LogP contribution in [-0.4, -0.2) is 34.1 Å². The van der Waals surface area contributed by atoms with Gasteiger partial charge < -0.3 is 14.2 Å². The summed E-state index contributed by atoms with van der Waals surface area (Å²) in [7, 11) is 0. The van der Waals surface area contributed by atoms with Gasteiger partial charge >= 0.3 is 0 Å². The number of hydrogen-bond donors (Lipinski definition) is 0. The molecule has 0 saturated carbocycles. The number of hydrogen-bond acceptors (Lipinski definition) is 5. The van der Waals surface area contributed by atoms with Crippen LogP contribution in [0.5, 0.6) is 0 Å². The topological polar surface area (TPSA) is 68.5 Å². The summed E-state index contributed by atoms with van der Waals surface area (Å²) in [5, 5.41) is 3.92. The van der Waals surface area contributed by atoms with Crippen molar-refractivity contribution in [3.05, 3.63) is 24.1 Å². The van der Waals surface area contributed by atoms with Crippen molar-refractivity contribution >= 4 is 5.91 Å². The van der Waals surface area contributed by atoms with Gasteiger partial charge in [0.2, 0.25) is 6.39 Å². The SMILES string of the molecule is O=C(C1=CCCCO1)N1CCCCC[C@H]1c1ncon1. The Morgan fingerprint density at radius 2 is 2.25 bits per heavy atom. The van der Waals surface area contributed by atoms with Crippen LogP contribution in [0.15, 0.2) is 22.8 Å². The minimum absolute atomic E-state index is 0.0404. The highest BCUT2D eigenvalue weighted by atomic mass is 16.5. The molecule has 1 aromatic rings. The van der Waals surface area contributed by atoms with E-state index in [9.17, 15) is 4.79 Å². The lowest BCUT2D eigenvalue weighted by atomic mass is 10.1. The van der Waals surface area contributed by atoms with Crippen LogP contribution in [-0.2, 0) is 9.53 Å². The molecule has 0 unspecified atom stereocenters. The highest BCUT2D eigenvalue weighted by Crippen LogP contribution is 2.30. The summed E-state index contributed by atoms with van der Waals surface area (Å²) in [6, 6.07) is -0.102. The molecular formula is C14H19N3O3. The van der Waals surface area contributed by atoms with E-state index < -0.39 is 0 Å². The fraction of sp³-hybridized carbons (Fsp3) is 0.643. The molecule has 0 radical (unpaired) electrons. The molecule has 0 aliphatic carbocycles. The zero-order valence-electron chi connectivity index (χ0n) is 11.5. The largest absolute Gasteiger partial charge is 0.488 e. The number of likely N-dealkylation sites (tertiary alicyclic amines) is 1. The first-order chi connectivity index (χ1) is 9.86. The Balaban J connectivity index is 1.83. The van der Waals surface area contributed by atoms with Crippen molar-refractivity contribution < 1.29 is 14.1 Å². The van der Waals surface area contributed by atoms with Crippen molar-refractivity contribution in [2.75, 3.05) is 13.2 Å². The smallest absolute Gasteiger partial charge is 0.289 e. The number of carbonyl (C=O) groups is 1. The first-order valence-electron chi connectivity index (χ1n) is 7.26. The van der Waals surface area contributed by atoms with Crippen LogP contribution in [0.4, 0.5) is 0 Å². The van der Waals surface area contributed by atoms with Crippen molar-refractivity contribution in [1.82, 2.24) is 15.0 Å². The molecule has 6 heteroatoms. The van der Waals surface area contributed by atoms with Crippen LogP contribution in [0.25, 0.3) is 0 Å². The molecule has 6 nitrogen and oxygen atoms in total. The van der Waals surface area contributed by atoms with E-state index >= 15 is 0 Å². The van der Waals surface area contributed by atoms with Gasteiger partial charge in [0, 0.05) is 6.54 Å². The summed E-state index contributed by atoms with van der Waals surface area (Å²) in [5.74, 6) is 1.03. The van der Waals surface area contributed by atoms with Gasteiger partial charge in [-0.25, -0.2) is 0 Å². The second kappa shape index (κ2) is 6.07. The van der Waals surface area contributed by atoms with Crippen LogP contribution in [0.2, 0.25) is 0 Å². The minimum Gasteiger partial charge on any atom is -0.488 e. The highest BCUT2D eigenvalue weighted by molar-refractivity contribution is 5.91. The molecule has 1 amide bonds. The molecule has 0 bridgehead atoms. The second-order valence-electron chi connectivity index (χ2n) is 5.21. The Bertz CT molecular complexity index is 484. The van der Waals surface area contributed by atoms with Gasteiger partial charge in [0.15, 0.2) is 11.6 Å². The number of aromatic nitrogens is 2. The molecule has 3 heterocycles. The van der Waals surface area contributed by atoms with Crippen molar-refractivity contribution in [2.45, 2.75) is 44.6 Å². The second-order valence-corrected chi connectivity index (χ2v) is 5.21. The molecule has 0 aromatic carbocycles. The maximum Gasteiger partial charge on any atom is 0.289 e. The Morgan fingerprint density at radius 3 is 3.00 bits per heavy atom. The summed E-state index contributed by atoms with van der Waals surface area (Å²) in [6.07, 6.45) is 9.17. The number of rotatable bonds is 2. The maximum absolute atomic E-state index is 12.7. The van der Waals surface area contributed by atoms with Gasteiger partial charge in [0.1, 0.15) is 0 Å². The van der Waals surface area contributed by atoms with E-state index in [4.69, 9.17) is 9.26 Å². The van der Waals surface area contributed by atoms with E-state index in [2.05, 4.69) is 10.1 Å². The van der Waals surface area contributed by atoms with E-state index in [-0.39, 0.29) is 11.9 Å². The molecule has 1 aromatic heterocycles. The zero-order valence-corrected chi connectivity index (χ0v) is 11.5. The molecular weight excluding hydrogens is 258 g/mol. The Kier molecular flexibility index (Phi) is 3.99. The average Bonchev–Trinajstić information content (AvgIpc) is 2.92. The van der Waals surface area contributed by atoms with Gasteiger partial charge in [-0.15, -0.1) is 0 Å². The molecule has 108 valence electrons. The standard InChI is InChI=1S/C14H19N3O3/c18-14(12-7-3-5-9-19-12)17-8-4-1-2-6-11(17)13-15-10-20-16-13/h7,10-11H,1-6,8-9H2/t11-/m0/s1. The van der Waals surface area contributed by atoms with Crippen molar-refractivity contribution in [3.63, 3.8) is 0 Å². The summed E-state index contributed by atoms with van der Waals surface area (Å²) in [5.41, 5.74) is 0. The predicted molar refractivity (Wildman–Crippen MR) is 70.5 cm³/mol. The number of allylic oxidation sites excluding steroid dienone is 1. The molecule has 1 saturated heterocycles. The van der Waals surface area contributed by atoms with Crippen LogP contribution >= 0.6 is 0 Å². The van der Waals surface area contributed by atoms with Gasteiger partial charge in [-0.2, -0.15) is 4.98 Å². The van der Waals surface area contributed by atoms with Gasteiger partial charge in [-0.1, -0.05) is 18.0 Å². The first-order valence-corrected chi connectivity index (χ1v) is 7.26. The van der Waals surface area contributed by atoms with Gasteiger partial charge in [0.05, 0.1) is 12.6 Å². The summed E-state index contributed by atoms with van der Waals surface area (Å²) in [6.45, 7) is 1.34. The van der Waals surface area contributed by atoms with E-state index in [0.29, 0.717) is 18.2 Å². The summed E-state index contributed by atoms with van der Waals surface area (Å²) >= 11 is 0. The molecule has 2 aliphatic rings. The van der Waals surface area contributed by atoms with Crippen LogP contribution in [0.3, 0.4) is 0 Å². The van der Waals surface area contributed by atoms with Crippen molar-refractivity contribution in [2.24, 2.45) is 0 Å². The average molecular weight is 277 g/mol. The normalized spacial score (nSPS) is 23.7. The van der Waals surface area contributed by atoms with Crippen LogP contribution < -0.4 is 0 Å².